The number of esters is 1. The van der Waals surface area contributed by atoms with E-state index in [2.05, 4.69) is 5.32 Å². The molecular weight excluding hydrogens is 396 g/mol. The Hall–Kier alpha value is -3.35. The van der Waals surface area contributed by atoms with Crippen LogP contribution in [-0.2, 0) is 19.7 Å². The number of hydrogen-bond acceptors (Lipinski definition) is 5. The fraction of sp³-hybridized carbons (Fsp3) is 0.375. The summed E-state index contributed by atoms with van der Waals surface area (Å²) in [6.45, 7) is 6.08. The van der Waals surface area contributed by atoms with Gasteiger partial charge in [0.05, 0.1) is 18.1 Å². The summed E-state index contributed by atoms with van der Waals surface area (Å²) in [7, 11) is 1.32. The van der Waals surface area contributed by atoms with Crippen LogP contribution in [0.4, 0.5) is 10.5 Å². The van der Waals surface area contributed by atoms with E-state index in [1.54, 1.807) is 29.2 Å². The molecule has 0 aliphatic carbocycles. The number of likely N-dealkylation sites (tertiary alicyclic amines) is 1. The molecule has 1 N–H and O–H groups in total. The van der Waals surface area contributed by atoms with E-state index in [0.717, 1.165) is 5.56 Å². The second-order valence-corrected chi connectivity index (χ2v) is 8.62. The van der Waals surface area contributed by atoms with E-state index in [0.29, 0.717) is 24.2 Å². The Kier molecular flexibility index (Phi) is 6.34. The summed E-state index contributed by atoms with van der Waals surface area (Å²) >= 11 is 0. The number of nitrogens with one attached hydrogen (secondary N) is 1. The second kappa shape index (κ2) is 8.79. The molecule has 1 heterocycles. The maximum absolute atomic E-state index is 13.5. The van der Waals surface area contributed by atoms with Gasteiger partial charge in [-0.05, 0) is 57.0 Å². The molecule has 164 valence electrons. The van der Waals surface area contributed by atoms with Crippen LogP contribution < -0.4 is 5.32 Å². The van der Waals surface area contributed by atoms with Crippen LogP contribution in [0.15, 0.2) is 54.6 Å². The molecule has 0 bridgehead atoms. The summed E-state index contributed by atoms with van der Waals surface area (Å²) in [6, 6.07) is 16.0. The highest BCUT2D eigenvalue weighted by molar-refractivity contribution is 6.00. The van der Waals surface area contributed by atoms with Gasteiger partial charge in [0.25, 0.3) is 0 Å². The molecule has 1 saturated heterocycles. The lowest BCUT2D eigenvalue weighted by Crippen LogP contribution is -2.44. The van der Waals surface area contributed by atoms with Crippen LogP contribution in [0.5, 0.6) is 0 Å². The Balaban J connectivity index is 1.84. The number of carbonyl (C=O) groups is 3. The third kappa shape index (κ3) is 5.05. The first kappa shape index (κ1) is 22.3. The van der Waals surface area contributed by atoms with Gasteiger partial charge in [-0.1, -0.05) is 30.3 Å². The van der Waals surface area contributed by atoms with E-state index in [1.807, 2.05) is 51.1 Å². The van der Waals surface area contributed by atoms with Crippen LogP contribution in [0, 0.1) is 0 Å². The van der Waals surface area contributed by atoms with E-state index < -0.39 is 23.1 Å². The largest absolute Gasteiger partial charge is 0.465 e. The maximum atomic E-state index is 13.5. The number of anilines is 1. The smallest absolute Gasteiger partial charge is 0.410 e. The third-order valence-corrected chi connectivity index (χ3v) is 5.25. The van der Waals surface area contributed by atoms with Crippen LogP contribution in [0.2, 0.25) is 0 Å². The lowest BCUT2D eigenvalue weighted by atomic mass is 9.78. The van der Waals surface area contributed by atoms with Crippen molar-refractivity contribution >= 4 is 23.7 Å². The van der Waals surface area contributed by atoms with Gasteiger partial charge in [-0.2, -0.15) is 0 Å². The van der Waals surface area contributed by atoms with Crippen molar-refractivity contribution in [2.45, 2.75) is 38.2 Å². The number of ether oxygens (including phenoxy) is 2. The van der Waals surface area contributed by atoms with Crippen molar-refractivity contribution in [3.8, 4) is 0 Å². The second-order valence-electron chi connectivity index (χ2n) is 8.62. The molecule has 31 heavy (non-hydrogen) atoms. The average molecular weight is 424 g/mol. The highest BCUT2D eigenvalue weighted by Gasteiger charge is 2.48. The predicted octanol–water partition coefficient (Wildman–Crippen LogP) is 3.99. The molecule has 0 aromatic heterocycles. The van der Waals surface area contributed by atoms with Crippen molar-refractivity contribution in [3.05, 3.63) is 65.7 Å². The number of benzene rings is 2. The van der Waals surface area contributed by atoms with Crippen LogP contribution >= 0.6 is 0 Å². The van der Waals surface area contributed by atoms with Gasteiger partial charge in [-0.15, -0.1) is 0 Å². The standard InChI is InChI=1S/C24H28N2O5/c1-23(2,3)31-22(29)26-15-14-24(16-26,18-8-6-5-7-9-18)21(28)25-19-12-10-17(11-13-19)20(27)30-4/h5-13H,14-16H2,1-4H3,(H,25,28). The number of hydrogen-bond donors (Lipinski definition) is 1. The molecule has 2 aromatic carbocycles. The molecular formula is C24H28N2O5. The van der Waals surface area contributed by atoms with Crippen molar-refractivity contribution in [1.29, 1.82) is 0 Å². The quantitative estimate of drug-likeness (QED) is 0.750. The molecule has 2 amide bonds. The zero-order valence-electron chi connectivity index (χ0n) is 18.3. The zero-order chi connectivity index (χ0) is 22.6. The van der Waals surface area contributed by atoms with Gasteiger partial charge < -0.3 is 19.7 Å². The summed E-state index contributed by atoms with van der Waals surface area (Å²) in [5, 5.41) is 2.95. The van der Waals surface area contributed by atoms with Crippen LogP contribution in [-0.4, -0.2) is 48.7 Å². The molecule has 0 spiro atoms. The Morgan fingerprint density at radius 3 is 2.23 bits per heavy atom. The summed E-state index contributed by atoms with van der Waals surface area (Å²) in [5.41, 5.74) is 0.279. The summed E-state index contributed by atoms with van der Waals surface area (Å²) < 4.78 is 10.2. The first-order chi connectivity index (χ1) is 14.6. The number of carbonyl (C=O) groups excluding carboxylic acids is 3. The third-order valence-electron chi connectivity index (χ3n) is 5.25. The molecule has 1 unspecified atom stereocenters. The van der Waals surface area contributed by atoms with E-state index in [9.17, 15) is 14.4 Å². The van der Waals surface area contributed by atoms with Crippen molar-refractivity contribution < 1.29 is 23.9 Å². The lowest BCUT2D eigenvalue weighted by Gasteiger charge is -2.29. The molecule has 1 fully saturated rings. The van der Waals surface area contributed by atoms with Gasteiger partial charge in [-0.3, -0.25) is 4.79 Å². The minimum Gasteiger partial charge on any atom is -0.465 e. The summed E-state index contributed by atoms with van der Waals surface area (Å²) in [4.78, 5) is 39.3. The number of amides is 2. The van der Waals surface area contributed by atoms with Gasteiger partial charge in [0.15, 0.2) is 0 Å². The highest BCUT2D eigenvalue weighted by atomic mass is 16.6. The molecule has 1 atom stereocenters. The molecule has 7 nitrogen and oxygen atoms in total. The lowest BCUT2D eigenvalue weighted by molar-refractivity contribution is -0.121. The SMILES string of the molecule is COC(=O)c1ccc(NC(=O)C2(c3ccccc3)CCN(C(=O)OC(C)(C)C)C2)cc1. The van der Waals surface area contributed by atoms with E-state index >= 15 is 0 Å². The topological polar surface area (TPSA) is 84.9 Å². The van der Waals surface area contributed by atoms with Gasteiger partial charge >= 0.3 is 12.1 Å². The first-order valence-electron chi connectivity index (χ1n) is 10.2. The zero-order valence-corrected chi connectivity index (χ0v) is 18.3. The van der Waals surface area contributed by atoms with Crippen molar-refractivity contribution in [2.24, 2.45) is 0 Å². The van der Waals surface area contributed by atoms with E-state index in [1.165, 1.54) is 7.11 Å². The minimum absolute atomic E-state index is 0.212. The van der Waals surface area contributed by atoms with Gasteiger partial charge in [0.1, 0.15) is 5.60 Å². The Bertz CT molecular complexity index is 950. The fourth-order valence-electron chi connectivity index (χ4n) is 3.66. The van der Waals surface area contributed by atoms with E-state index in [4.69, 9.17) is 9.47 Å². The molecule has 3 rings (SSSR count). The fourth-order valence-corrected chi connectivity index (χ4v) is 3.66. The Labute approximate surface area is 182 Å². The monoisotopic (exact) mass is 424 g/mol. The number of methoxy groups -OCH3 is 1. The Morgan fingerprint density at radius 1 is 1.00 bits per heavy atom. The van der Waals surface area contributed by atoms with Gasteiger partial charge in [0, 0.05) is 18.8 Å². The highest BCUT2D eigenvalue weighted by Crippen LogP contribution is 2.36. The molecule has 1 aliphatic rings. The van der Waals surface area contributed by atoms with Gasteiger partial charge in [-0.25, -0.2) is 9.59 Å². The minimum atomic E-state index is -0.904. The summed E-state index contributed by atoms with van der Waals surface area (Å²) in [5.74, 6) is -0.655. The first-order valence-corrected chi connectivity index (χ1v) is 10.2. The van der Waals surface area contributed by atoms with Crippen LogP contribution in [0.1, 0.15) is 43.1 Å². The van der Waals surface area contributed by atoms with Crippen molar-refractivity contribution in [1.82, 2.24) is 4.90 Å². The molecule has 0 saturated carbocycles. The van der Waals surface area contributed by atoms with E-state index in [-0.39, 0.29) is 12.5 Å². The normalized spacial score (nSPS) is 18.4. The van der Waals surface area contributed by atoms with Crippen molar-refractivity contribution in [3.63, 3.8) is 0 Å². The molecule has 7 heteroatoms. The van der Waals surface area contributed by atoms with Gasteiger partial charge in [0.2, 0.25) is 5.91 Å². The predicted molar refractivity (Wildman–Crippen MR) is 117 cm³/mol. The maximum Gasteiger partial charge on any atom is 0.410 e. The summed E-state index contributed by atoms with van der Waals surface area (Å²) in [6.07, 6.45) is 0.0445. The molecule has 0 radical (unpaired) electrons. The van der Waals surface area contributed by atoms with Crippen LogP contribution in [0.3, 0.4) is 0 Å². The molecule has 2 aromatic rings. The Morgan fingerprint density at radius 2 is 1.65 bits per heavy atom. The van der Waals surface area contributed by atoms with Crippen molar-refractivity contribution in [2.75, 3.05) is 25.5 Å². The van der Waals surface area contributed by atoms with Crippen LogP contribution in [0.25, 0.3) is 0 Å². The number of nitrogens with zero attached hydrogens (tertiary/aromatic N) is 1. The number of rotatable bonds is 4. The molecule has 1 aliphatic heterocycles. The average Bonchev–Trinajstić information content (AvgIpc) is 3.20.